The summed E-state index contributed by atoms with van der Waals surface area (Å²) in [5.41, 5.74) is 2.11. The van der Waals surface area contributed by atoms with Crippen LogP contribution in [0.3, 0.4) is 0 Å². The van der Waals surface area contributed by atoms with Gasteiger partial charge >= 0.3 is 0 Å². The Kier molecular flexibility index (Phi) is 5.52. The Labute approximate surface area is 150 Å². The van der Waals surface area contributed by atoms with Gasteiger partial charge in [0, 0.05) is 24.3 Å². The lowest BCUT2D eigenvalue weighted by Gasteiger charge is -2.25. The van der Waals surface area contributed by atoms with Crippen LogP contribution in [0, 0.1) is 0 Å². The molecule has 0 aromatic heterocycles. The third-order valence-electron chi connectivity index (χ3n) is 3.93. The third kappa shape index (κ3) is 3.85. The number of amides is 1. The molecule has 5 heteroatoms. The van der Waals surface area contributed by atoms with Crippen LogP contribution < -0.4 is 0 Å². The summed E-state index contributed by atoms with van der Waals surface area (Å²) in [4.78, 5) is 14.6. The molecule has 0 aliphatic carbocycles. The number of halogens is 2. The van der Waals surface area contributed by atoms with Gasteiger partial charge in [0.15, 0.2) is 0 Å². The molecule has 1 amide bonds. The summed E-state index contributed by atoms with van der Waals surface area (Å²) in [6.45, 7) is 0.756. The fourth-order valence-electron chi connectivity index (χ4n) is 2.73. The predicted molar refractivity (Wildman–Crippen MR) is 98.1 cm³/mol. The van der Waals surface area contributed by atoms with Crippen LogP contribution in [0.4, 0.5) is 0 Å². The molecular formula is C18H17Cl2NOS. The third-order valence-corrected chi connectivity index (χ3v) is 6.01. The molecule has 3 rings (SSSR count). The van der Waals surface area contributed by atoms with E-state index in [9.17, 15) is 4.79 Å². The molecule has 1 atom stereocenters. The van der Waals surface area contributed by atoms with Gasteiger partial charge in [0.2, 0.25) is 5.91 Å². The zero-order chi connectivity index (χ0) is 16.2. The molecule has 1 saturated heterocycles. The Bertz CT molecular complexity index is 693. The molecule has 2 nitrogen and oxygen atoms in total. The Morgan fingerprint density at radius 2 is 1.91 bits per heavy atom. The average molecular weight is 366 g/mol. The van der Waals surface area contributed by atoms with Crippen LogP contribution in [0.5, 0.6) is 0 Å². The summed E-state index contributed by atoms with van der Waals surface area (Å²) in [7, 11) is 0. The highest BCUT2D eigenvalue weighted by molar-refractivity contribution is 7.99. The minimum atomic E-state index is -0.0375. The molecule has 2 aromatic rings. The number of hydrogen-bond acceptors (Lipinski definition) is 2. The van der Waals surface area contributed by atoms with Gasteiger partial charge in [-0.3, -0.25) is 4.79 Å². The van der Waals surface area contributed by atoms with Gasteiger partial charge in [-0.25, -0.2) is 0 Å². The zero-order valence-corrected chi connectivity index (χ0v) is 14.9. The Morgan fingerprint density at radius 1 is 1.13 bits per heavy atom. The number of aryl methyl sites for hydroxylation is 1. The normalized spacial score (nSPS) is 17.5. The first-order valence-electron chi connectivity index (χ1n) is 7.55. The first-order chi connectivity index (χ1) is 11.2. The van der Waals surface area contributed by atoms with E-state index in [1.165, 1.54) is 5.56 Å². The van der Waals surface area contributed by atoms with Crippen molar-refractivity contribution in [3.05, 3.63) is 69.7 Å². The van der Waals surface area contributed by atoms with Crippen molar-refractivity contribution in [3.8, 4) is 0 Å². The first kappa shape index (κ1) is 16.7. The largest absolute Gasteiger partial charge is 0.326 e. The molecule has 0 N–H and O–H groups in total. The SMILES string of the molecule is O=C(CCc1ccccc1)N1CCSC1c1cccc(Cl)c1Cl. The van der Waals surface area contributed by atoms with Gasteiger partial charge in [0.05, 0.1) is 10.0 Å². The number of carbonyl (C=O) groups is 1. The van der Waals surface area contributed by atoms with E-state index in [-0.39, 0.29) is 11.3 Å². The van der Waals surface area contributed by atoms with E-state index in [0.29, 0.717) is 16.5 Å². The van der Waals surface area contributed by atoms with Gasteiger partial charge in [-0.1, -0.05) is 65.7 Å². The fourth-order valence-corrected chi connectivity index (χ4v) is 4.51. The van der Waals surface area contributed by atoms with Gasteiger partial charge in [0.1, 0.15) is 5.37 Å². The van der Waals surface area contributed by atoms with Crippen LogP contribution in [0.15, 0.2) is 48.5 Å². The monoisotopic (exact) mass is 365 g/mol. The van der Waals surface area contributed by atoms with Crippen molar-refractivity contribution in [2.45, 2.75) is 18.2 Å². The summed E-state index contributed by atoms with van der Waals surface area (Å²) >= 11 is 14.2. The van der Waals surface area contributed by atoms with Gasteiger partial charge in [-0.15, -0.1) is 11.8 Å². The number of benzene rings is 2. The Morgan fingerprint density at radius 3 is 2.70 bits per heavy atom. The fraction of sp³-hybridized carbons (Fsp3) is 0.278. The summed E-state index contributed by atoms with van der Waals surface area (Å²) in [5.74, 6) is 1.09. The van der Waals surface area contributed by atoms with E-state index >= 15 is 0 Å². The highest BCUT2D eigenvalue weighted by Gasteiger charge is 2.31. The smallest absolute Gasteiger partial charge is 0.224 e. The lowest BCUT2D eigenvalue weighted by molar-refractivity contribution is -0.131. The minimum absolute atomic E-state index is 0.0375. The Hall–Kier alpha value is -1.16. The van der Waals surface area contributed by atoms with Crippen LogP contribution >= 0.6 is 35.0 Å². The van der Waals surface area contributed by atoms with E-state index in [1.54, 1.807) is 17.8 Å². The number of nitrogens with zero attached hydrogens (tertiary/aromatic N) is 1. The van der Waals surface area contributed by atoms with E-state index in [2.05, 4.69) is 12.1 Å². The van der Waals surface area contributed by atoms with Crippen molar-refractivity contribution in [2.24, 2.45) is 0 Å². The summed E-state index contributed by atoms with van der Waals surface area (Å²) in [6.07, 6.45) is 1.27. The first-order valence-corrected chi connectivity index (χ1v) is 9.36. The van der Waals surface area contributed by atoms with E-state index < -0.39 is 0 Å². The lowest BCUT2D eigenvalue weighted by atomic mass is 10.1. The van der Waals surface area contributed by atoms with Gasteiger partial charge < -0.3 is 4.90 Å². The molecule has 120 valence electrons. The summed E-state index contributed by atoms with van der Waals surface area (Å²) < 4.78 is 0. The zero-order valence-electron chi connectivity index (χ0n) is 12.5. The summed E-state index contributed by atoms with van der Waals surface area (Å²) in [5, 5.41) is 1.05. The lowest BCUT2D eigenvalue weighted by Crippen LogP contribution is -2.30. The van der Waals surface area contributed by atoms with Crippen LogP contribution in [-0.2, 0) is 11.2 Å². The highest BCUT2D eigenvalue weighted by Crippen LogP contribution is 2.42. The molecule has 1 heterocycles. The van der Waals surface area contributed by atoms with Crippen molar-refractivity contribution < 1.29 is 4.79 Å². The van der Waals surface area contributed by atoms with Crippen molar-refractivity contribution in [2.75, 3.05) is 12.3 Å². The maximum Gasteiger partial charge on any atom is 0.224 e. The molecule has 0 spiro atoms. The molecule has 1 aliphatic rings. The summed E-state index contributed by atoms with van der Waals surface area (Å²) in [6, 6.07) is 15.7. The molecule has 0 bridgehead atoms. The van der Waals surface area contributed by atoms with E-state index in [0.717, 1.165) is 24.3 Å². The molecule has 1 aliphatic heterocycles. The van der Waals surface area contributed by atoms with Gasteiger partial charge in [-0.05, 0) is 18.1 Å². The van der Waals surface area contributed by atoms with Crippen LogP contribution in [0.1, 0.15) is 22.9 Å². The number of thioether (sulfide) groups is 1. The number of carbonyl (C=O) groups excluding carboxylic acids is 1. The van der Waals surface area contributed by atoms with Crippen molar-refractivity contribution in [3.63, 3.8) is 0 Å². The van der Waals surface area contributed by atoms with Gasteiger partial charge in [0.25, 0.3) is 0 Å². The minimum Gasteiger partial charge on any atom is -0.326 e. The van der Waals surface area contributed by atoms with Crippen molar-refractivity contribution in [1.82, 2.24) is 4.90 Å². The maximum atomic E-state index is 12.6. The second kappa shape index (κ2) is 7.61. The molecular weight excluding hydrogens is 349 g/mol. The second-order valence-corrected chi connectivity index (χ2v) is 7.41. The highest BCUT2D eigenvalue weighted by atomic mass is 35.5. The van der Waals surface area contributed by atoms with Crippen molar-refractivity contribution >= 4 is 40.9 Å². The average Bonchev–Trinajstić information content (AvgIpc) is 3.05. The number of rotatable bonds is 4. The van der Waals surface area contributed by atoms with Crippen LogP contribution in [0.25, 0.3) is 0 Å². The quantitative estimate of drug-likeness (QED) is 0.741. The molecule has 2 aromatic carbocycles. The van der Waals surface area contributed by atoms with E-state index in [1.807, 2.05) is 35.2 Å². The maximum absolute atomic E-state index is 12.6. The molecule has 23 heavy (non-hydrogen) atoms. The topological polar surface area (TPSA) is 20.3 Å². The molecule has 1 fully saturated rings. The van der Waals surface area contributed by atoms with Crippen LogP contribution in [0.2, 0.25) is 10.0 Å². The Balaban J connectivity index is 1.71. The predicted octanol–water partition coefficient (Wildman–Crippen LogP) is 5.20. The van der Waals surface area contributed by atoms with Gasteiger partial charge in [-0.2, -0.15) is 0 Å². The standard InChI is InChI=1S/C18H17Cl2NOS/c19-15-8-4-7-14(17(15)20)18-21(11-12-23-18)16(22)10-9-13-5-2-1-3-6-13/h1-8,18H,9-12H2. The number of hydrogen-bond donors (Lipinski definition) is 0. The van der Waals surface area contributed by atoms with E-state index in [4.69, 9.17) is 23.2 Å². The second-order valence-electron chi connectivity index (χ2n) is 5.44. The molecule has 0 saturated carbocycles. The van der Waals surface area contributed by atoms with Crippen molar-refractivity contribution in [1.29, 1.82) is 0 Å². The molecule has 1 unspecified atom stereocenters. The van der Waals surface area contributed by atoms with Crippen LogP contribution in [-0.4, -0.2) is 23.1 Å². The molecule has 0 radical (unpaired) electrons.